The Labute approximate surface area is 64.2 Å². The molecule has 4 heteroatoms. The van der Waals surface area contributed by atoms with Crippen LogP contribution in [0.25, 0.3) is 0 Å². The van der Waals surface area contributed by atoms with Crippen molar-refractivity contribution in [3.63, 3.8) is 0 Å². The maximum atomic E-state index is 5.08. The van der Waals surface area contributed by atoms with E-state index in [0.717, 1.165) is 5.69 Å². The molecule has 0 atom stereocenters. The number of rotatable bonds is 1. The van der Waals surface area contributed by atoms with Gasteiger partial charge in [0.2, 0.25) is 5.88 Å². The third-order valence-electron chi connectivity index (χ3n) is 1.02. The Kier molecular flexibility index (Phi) is 2.06. The van der Waals surface area contributed by atoms with Crippen LogP contribution in [-0.2, 0) is 0 Å². The van der Waals surface area contributed by atoms with Crippen molar-refractivity contribution in [2.45, 2.75) is 13.8 Å². The van der Waals surface area contributed by atoms with Crippen LogP contribution in [0.15, 0.2) is 6.07 Å². The van der Waals surface area contributed by atoms with E-state index in [1.807, 2.05) is 6.92 Å². The van der Waals surface area contributed by atoms with Gasteiger partial charge in [-0.3, -0.25) is 0 Å². The Balaban J connectivity index is 3.06. The first-order valence-corrected chi connectivity index (χ1v) is 3.14. The number of aromatic nitrogens is 2. The molecule has 0 saturated heterocycles. The molecule has 0 aliphatic heterocycles. The van der Waals surface area contributed by atoms with Crippen LogP contribution in [0.2, 0.25) is 0 Å². The minimum atomic E-state index is 0.395. The summed E-state index contributed by atoms with van der Waals surface area (Å²) in [5.74, 6) is 1.06. The summed E-state index contributed by atoms with van der Waals surface area (Å²) in [4.78, 5) is 7.92. The fourth-order valence-corrected chi connectivity index (χ4v) is 0.802. The predicted octanol–water partition coefficient (Wildman–Crippen LogP) is 1.63. The topological polar surface area (TPSA) is 35.0 Å². The zero-order valence-corrected chi connectivity index (χ0v) is 6.51. The Bertz CT molecular complexity index is 219. The summed E-state index contributed by atoms with van der Waals surface area (Å²) < 4.78 is 4.40. The van der Waals surface area contributed by atoms with E-state index in [0.29, 0.717) is 11.7 Å². The first kappa shape index (κ1) is 7.28. The molecule has 0 aliphatic rings. The molecule has 54 valence electrons. The minimum Gasteiger partial charge on any atom is -0.365 e. The first-order valence-electron chi connectivity index (χ1n) is 2.83. The maximum absolute atomic E-state index is 5.08. The Morgan fingerprint density at radius 3 is 2.60 bits per heavy atom. The number of aryl methyl sites for hydroxylation is 2. The van der Waals surface area contributed by atoms with Crippen molar-refractivity contribution in [2.24, 2.45) is 0 Å². The molecule has 3 nitrogen and oxygen atoms in total. The van der Waals surface area contributed by atoms with Crippen molar-refractivity contribution >= 4 is 11.9 Å². The Hall–Kier alpha value is -0.830. The second kappa shape index (κ2) is 2.84. The van der Waals surface area contributed by atoms with E-state index in [1.165, 1.54) is 0 Å². The van der Waals surface area contributed by atoms with Gasteiger partial charge >= 0.3 is 0 Å². The summed E-state index contributed by atoms with van der Waals surface area (Å²) in [6.07, 6.45) is 0. The van der Waals surface area contributed by atoms with Crippen molar-refractivity contribution in [3.8, 4) is 5.88 Å². The number of halogens is 1. The lowest BCUT2D eigenvalue weighted by molar-refractivity contribution is 0.583. The second-order valence-electron chi connectivity index (χ2n) is 1.97. The molecule has 0 spiro atoms. The van der Waals surface area contributed by atoms with E-state index in [4.69, 9.17) is 11.9 Å². The Morgan fingerprint density at radius 1 is 1.40 bits per heavy atom. The van der Waals surface area contributed by atoms with E-state index in [2.05, 4.69) is 14.3 Å². The van der Waals surface area contributed by atoms with Gasteiger partial charge in [0.1, 0.15) is 17.7 Å². The van der Waals surface area contributed by atoms with Crippen molar-refractivity contribution < 1.29 is 4.29 Å². The highest BCUT2D eigenvalue weighted by Gasteiger charge is 1.96. The lowest BCUT2D eigenvalue weighted by Crippen LogP contribution is -1.91. The summed E-state index contributed by atoms with van der Waals surface area (Å²) in [5, 5.41) is 0. The lowest BCUT2D eigenvalue weighted by Gasteiger charge is -1.97. The van der Waals surface area contributed by atoms with Crippen LogP contribution >= 0.6 is 11.9 Å². The molecule has 1 aromatic rings. The molecular weight excluding hydrogens is 152 g/mol. The average molecular weight is 159 g/mol. The SMILES string of the molecule is Cc1cc(OCl)nc(C)n1. The fourth-order valence-electron chi connectivity index (χ4n) is 0.722. The summed E-state index contributed by atoms with van der Waals surface area (Å²) in [7, 11) is 0. The quantitative estimate of drug-likeness (QED) is 0.623. The summed E-state index contributed by atoms with van der Waals surface area (Å²) in [6, 6.07) is 1.67. The van der Waals surface area contributed by atoms with Crippen LogP contribution < -0.4 is 4.29 Å². The van der Waals surface area contributed by atoms with Crippen LogP contribution in [0, 0.1) is 13.8 Å². The molecule has 0 fully saturated rings. The molecule has 0 aliphatic carbocycles. The van der Waals surface area contributed by atoms with Gasteiger partial charge < -0.3 is 4.29 Å². The number of hydrogen-bond acceptors (Lipinski definition) is 3. The molecule has 0 radical (unpaired) electrons. The van der Waals surface area contributed by atoms with Crippen LogP contribution in [0.3, 0.4) is 0 Å². The lowest BCUT2D eigenvalue weighted by atomic mass is 10.4. The third-order valence-corrected chi connectivity index (χ3v) is 1.18. The van der Waals surface area contributed by atoms with Gasteiger partial charge in [-0.25, -0.2) is 4.98 Å². The van der Waals surface area contributed by atoms with Gasteiger partial charge in [-0.05, 0) is 13.8 Å². The first-order chi connectivity index (χ1) is 4.72. The molecule has 1 aromatic heterocycles. The van der Waals surface area contributed by atoms with E-state index in [1.54, 1.807) is 13.0 Å². The third kappa shape index (κ3) is 1.57. The summed E-state index contributed by atoms with van der Waals surface area (Å²) >= 11 is 5.08. The smallest absolute Gasteiger partial charge is 0.240 e. The van der Waals surface area contributed by atoms with Crippen molar-refractivity contribution in [3.05, 3.63) is 17.6 Å². The molecule has 0 unspecified atom stereocenters. The van der Waals surface area contributed by atoms with E-state index in [-0.39, 0.29) is 0 Å². The highest BCUT2D eigenvalue weighted by molar-refractivity contribution is 6.08. The zero-order valence-electron chi connectivity index (χ0n) is 5.76. The van der Waals surface area contributed by atoms with Gasteiger partial charge in [0, 0.05) is 11.8 Å². The highest BCUT2D eigenvalue weighted by atomic mass is 35.5. The van der Waals surface area contributed by atoms with Gasteiger partial charge in [-0.1, -0.05) is 0 Å². The van der Waals surface area contributed by atoms with Crippen molar-refractivity contribution in [1.82, 2.24) is 9.97 Å². The molecule has 0 amide bonds. The van der Waals surface area contributed by atoms with Crippen LogP contribution in [0.5, 0.6) is 5.88 Å². The second-order valence-corrected chi connectivity index (χ2v) is 2.13. The molecule has 0 N–H and O–H groups in total. The van der Waals surface area contributed by atoms with Crippen LogP contribution in [0.1, 0.15) is 11.5 Å². The molecule has 1 rings (SSSR count). The molecular formula is C6H7ClN2O. The van der Waals surface area contributed by atoms with Gasteiger partial charge in [-0.15, -0.1) is 0 Å². The largest absolute Gasteiger partial charge is 0.365 e. The molecule has 1 heterocycles. The van der Waals surface area contributed by atoms with E-state index >= 15 is 0 Å². The predicted molar refractivity (Wildman–Crippen MR) is 38.0 cm³/mol. The van der Waals surface area contributed by atoms with Gasteiger partial charge in [0.15, 0.2) is 0 Å². The van der Waals surface area contributed by atoms with Crippen LogP contribution in [-0.4, -0.2) is 9.97 Å². The fraction of sp³-hybridized carbons (Fsp3) is 0.333. The number of nitrogens with zero attached hydrogens (tertiary/aromatic N) is 2. The summed E-state index contributed by atoms with van der Waals surface area (Å²) in [6.45, 7) is 3.64. The molecule has 0 aromatic carbocycles. The molecule has 0 bridgehead atoms. The van der Waals surface area contributed by atoms with Gasteiger partial charge in [0.25, 0.3) is 0 Å². The molecule has 10 heavy (non-hydrogen) atoms. The standard InChI is InChI=1S/C6H7ClN2O/c1-4-3-6(10-7)9-5(2)8-4/h3H,1-2H3. The minimum absolute atomic E-state index is 0.395. The monoisotopic (exact) mass is 158 g/mol. The Morgan fingerprint density at radius 2 is 2.10 bits per heavy atom. The van der Waals surface area contributed by atoms with E-state index < -0.39 is 0 Å². The van der Waals surface area contributed by atoms with Gasteiger partial charge in [0.05, 0.1) is 0 Å². The van der Waals surface area contributed by atoms with Crippen molar-refractivity contribution in [2.75, 3.05) is 0 Å². The molecule has 0 saturated carbocycles. The average Bonchev–Trinajstić information content (AvgIpc) is 1.85. The van der Waals surface area contributed by atoms with Gasteiger partial charge in [-0.2, -0.15) is 4.98 Å². The van der Waals surface area contributed by atoms with Crippen molar-refractivity contribution in [1.29, 1.82) is 0 Å². The van der Waals surface area contributed by atoms with E-state index in [9.17, 15) is 0 Å². The van der Waals surface area contributed by atoms with Crippen LogP contribution in [0.4, 0.5) is 0 Å². The number of hydrogen-bond donors (Lipinski definition) is 0. The normalized spacial score (nSPS) is 9.50. The zero-order chi connectivity index (χ0) is 7.56. The summed E-state index contributed by atoms with van der Waals surface area (Å²) in [5.41, 5.74) is 0.850. The maximum Gasteiger partial charge on any atom is 0.240 e. The highest BCUT2D eigenvalue weighted by Crippen LogP contribution is 2.08.